The lowest BCUT2D eigenvalue weighted by atomic mass is 10.1. The highest BCUT2D eigenvalue weighted by Gasteiger charge is 2.21. The molecule has 3 rings (SSSR count). The number of nitrogens with zero attached hydrogens (tertiary/aromatic N) is 3. The first-order valence-electron chi connectivity index (χ1n) is 7.67. The number of rotatable bonds is 5. The number of benzene rings is 1. The fourth-order valence-electron chi connectivity index (χ4n) is 2.86. The molecule has 5 nitrogen and oxygen atoms in total. The summed E-state index contributed by atoms with van der Waals surface area (Å²) in [6, 6.07) is 8.21. The molecule has 0 spiro atoms. The van der Waals surface area contributed by atoms with Crippen molar-refractivity contribution in [3.8, 4) is 5.75 Å². The lowest BCUT2D eigenvalue weighted by Crippen LogP contribution is -2.43. The Morgan fingerprint density at radius 3 is 3.09 bits per heavy atom. The number of methoxy groups -OCH3 is 1. The highest BCUT2D eigenvalue weighted by atomic mass is 16.5. The van der Waals surface area contributed by atoms with Gasteiger partial charge in [0.2, 0.25) is 0 Å². The minimum atomic E-state index is 0.223. The van der Waals surface area contributed by atoms with E-state index in [0.29, 0.717) is 0 Å². The van der Waals surface area contributed by atoms with E-state index in [1.54, 1.807) is 7.11 Å². The molecule has 5 heteroatoms. The molecule has 0 amide bonds. The van der Waals surface area contributed by atoms with E-state index in [9.17, 15) is 0 Å². The zero-order chi connectivity index (χ0) is 15.4. The molecule has 1 unspecified atom stereocenters. The van der Waals surface area contributed by atoms with Crippen molar-refractivity contribution in [3.05, 3.63) is 48.0 Å². The van der Waals surface area contributed by atoms with Gasteiger partial charge in [-0.2, -0.15) is 0 Å². The molecule has 2 heterocycles. The Kier molecular flexibility index (Phi) is 4.75. The second-order valence-corrected chi connectivity index (χ2v) is 5.74. The number of imidazole rings is 1. The highest BCUT2D eigenvalue weighted by Crippen LogP contribution is 2.17. The van der Waals surface area contributed by atoms with E-state index >= 15 is 0 Å². The number of ether oxygens (including phenoxy) is 2. The van der Waals surface area contributed by atoms with Gasteiger partial charge in [-0.1, -0.05) is 12.1 Å². The number of hydrogen-bond donors (Lipinski definition) is 0. The molecule has 0 radical (unpaired) electrons. The first-order chi connectivity index (χ1) is 10.7. The van der Waals surface area contributed by atoms with Gasteiger partial charge in [-0.15, -0.1) is 0 Å². The Morgan fingerprint density at radius 1 is 1.41 bits per heavy atom. The first-order valence-corrected chi connectivity index (χ1v) is 7.67. The molecule has 1 aliphatic rings. The van der Waals surface area contributed by atoms with Crippen LogP contribution in [-0.4, -0.2) is 47.4 Å². The van der Waals surface area contributed by atoms with Crippen LogP contribution in [0.15, 0.2) is 36.7 Å². The van der Waals surface area contributed by atoms with Crippen LogP contribution in [0.3, 0.4) is 0 Å². The molecular formula is C17H23N3O2. The van der Waals surface area contributed by atoms with Gasteiger partial charge in [0.1, 0.15) is 11.6 Å². The van der Waals surface area contributed by atoms with Gasteiger partial charge in [-0.05, 0) is 17.7 Å². The minimum absolute atomic E-state index is 0.223. The molecule has 1 aliphatic heterocycles. The molecule has 22 heavy (non-hydrogen) atoms. The van der Waals surface area contributed by atoms with Crippen LogP contribution in [0.25, 0.3) is 0 Å². The fraction of sp³-hybridized carbons (Fsp3) is 0.471. The molecule has 1 aromatic carbocycles. The summed E-state index contributed by atoms with van der Waals surface area (Å²) < 4.78 is 13.3. The Hall–Kier alpha value is -1.85. The Labute approximate surface area is 131 Å². The number of aromatic nitrogens is 2. The third kappa shape index (κ3) is 3.67. The summed E-state index contributed by atoms with van der Waals surface area (Å²) in [4.78, 5) is 6.82. The predicted molar refractivity (Wildman–Crippen MR) is 84.9 cm³/mol. The average Bonchev–Trinajstić information content (AvgIpc) is 2.93. The molecule has 1 atom stereocenters. The van der Waals surface area contributed by atoms with Crippen molar-refractivity contribution in [2.75, 3.05) is 26.8 Å². The quantitative estimate of drug-likeness (QED) is 0.845. The van der Waals surface area contributed by atoms with Gasteiger partial charge in [-0.3, -0.25) is 4.90 Å². The zero-order valence-electron chi connectivity index (χ0n) is 13.2. The number of aryl methyl sites for hydroxylation is 1. The van der Waals surface area contributed by atoms with Crippen molar-refractivity contribution in [2.24, 2.45) is 7.05 Å². The van der Waals surface area contributed by atoms with Crippen molar-refractivity contribution < 1.29 is 9.47 Å². The maximum Gasteiger partial charge on any atom is 0.122 e. The van der Waals surface area contributed by atoms with Crippen LogP contribution in [0, 0.1) is 0 Å². The summed E-state index contributed by atoms with van der Waals surface area (Å²) in [5.41, 5.74) is 1.25. The summed E-state index contributed by atoms with van der Waals surface area (Å²) in [5, 5.41) is 0. The topological polar surface area (TPSA) is 39.5 Å². The van der Waals surface area contributed by atoms with Crippen LogP contribution >= 0.6 is 0 Å². The van der Waals surface area contributed by atoms with E-state index in [1.165, 1.54) is 5.56 Å². The normalized spacial score (nSPS) is 19.3. The number of hydrogen-bond acceptors (Lipinski definition) is 4. The molecule has 1 aromatic heterocycles. The largest absolute Gasteiger partial charge is 0.497 e. The van der Waals surface area contributed by atoms with E-state index in [-0.39, 0.29) is 6.10 Å². The van der Waals surface area contributed by atoms with Gasteiger partial charge < -0.3 is 14.0 Å². The summed E-state index contributed by atoms with van der Waals surface area (Å²) in [7, 11) is 3.74. The van der Waals surface area contributed by atoms with Gasteiger partial charge >= 0.3 is 0 Å². The van der Waals surface area contributed by atoms with Crippen molar-refractivity contribution in [2.45, 2.75) is 19.1 Å². The summed E-state index contributed by atoms with van der Waals surface area (Å²) in [5.74, 6) is 2.00. The fourth-order valence-corrected chi connectivity index (χ4v) is 2.86. The van der Waals surface area contributed by atoms with Gasteiger partial charge in [0.25, 0.3) is 0 Å². The standard InChI is InChI=1S/C17H23N3O2/c1-19-7-6-18-17(19)13-20-8-9-22-16(12-20)11-14-4-3-5-15(10-14)21-2/h3-7,10,16H,8-9,11-13H2,1-2H3. The highest BCUT2D eigenvalue weighted by molar-refractivity contribution is 5.28. The average molecular weight is 301 g/mol. The lowest BCUT2D eigenvalue weighted by Gasteiger charge is -2.32. The second kappa shape index (κ2) is 6.94. The molecular weight excluding hydrogens is 278 g/mol. The maximum absolute atomic E-state index is 5.93. The number of morpholine rings is 1. The molecule has 0 aliphatic carbocycles. The molecule has 2 aromatic rings. The smallest absolute Gasteiger partial charge is 0.122 e. The van der Waals surface area contributed by atoms with Crippen LogP contribution in [0.4, 0.5) is 0 Å². The van der Waals surface area contributed by atoms with E-state index in [4.69, 9.17) is 9.47 Å². The maximum atomic E-state index is 5.93. The zero-order valence-corrected chi connectivity index (χ0v) is 13.2. The van der Waals surface area contributed by atoms with Crippen LogP contribution in [0.5, 0.6) is 5.75 Å². The van der Waals surface area contributed by atoms with Gasteiger partial charge in [0, 0.05) is 39.0 Å². The molecule has 1 saturated heterocycles. The molecule has 0 saturated carbocycles. The van der Waals surface area contributed by atoms with Crippen molar-refractivity contribution in [1.82, 2.24) is 14.5 Å². The first kappa shape index (κ1) is 15.1. The van der Waals surface area contributed by atoms with E-state index in [1.807, 2.05) is 31.6 Å². The van der Waals surface area contributed by atoms with E-state index in [2.05, 4.69) is 26.6 Å². The Morgan fingerprint density at radius 2 is 2.32 bits per heavy atom. The monoisotopic (exact) mass is 301 g/mol. The second-order valence-electron chi connectivity index (χ2n) is 5.74. The molecule has 118 valence electrons. The van der Waals surface area contributed by atoms with Gasteiger partial charge in [0.15, 0.2) is 0 Å². The molecule has 0 N–H and O–H groups in total. The SMILES string of the molecule is COc1cccc(CC2CN(Cc3nccn3C)CCO2)c1. The summed E-state index contributed by atoms with van der Waals surface area (Å²) >= 11 is 0. The summed E-state index contributed by atoms with van der Waals surface area (Å²) in [6.45, 7) is 3.55. The van der Waals surface area contributed by atoms with Crippen LogP contribution in [0.2, 0.25) is 0 Å². The predicted octanol–water partition coefficient (Wildman–Crippen LogP) is 1.87. The van der Waals surface area contributed by atoms with Crippen LogP contribution in [0.1, 0.15) is 11.4 Å². The van der Waals surface area contributed by atoms with Crippen molar-refractivity contribution in [1.29, 1.82) is 0 Å². The lowest BCUT2D eigenvalue weighted by molar-refractivity contribution is -0.0314. The van der Waals surface area contributed by atoms with Crippen LogP contribution in [-0.2, 0) is 24.8 Å². The third-order valence-electron chi connectivity index (χ3n) is 4.11. The van der Waals surface area contributed by atoms with Crippen molar-refractivity contribution in [3.63, 3.8) is 0 Å². The summed E-state index contributed by atoms with van der Waals surface area (Å²) in [6.07, 6.45) is 4.97. The van der Waals surface area contributed by atoms with E-state index in [0.717, 1.165) is 44.2 Å². The molecule has 0 bridgehead atoms. The minimum Gasteiger partial charge on any atom is -0.497 e. The Bertz CT molecular complexity index is 611. The van der Waals surface area contributed by atoms with Gasteiger partial charge in [-0.25, -0.2) is 4.98 Å². The third-order valence-corrected chi connectivity index (χ3v) is 4.11. The van der Waals surface area contributed by atoms with Crippen LogP contribution < -0.4 is 4.74 Å². The van der Waals surface area contributed by atoms with Crippen molar-refractivity contribution >= 4 is 0 Å². The van der Waals surface area contributed by atoms with E-state index < -0.39 is 0 Å². The molecule has 1 fully saturated rings. The Balaban J connectivity index is 1.59. The van der Waals surface area contributed by atoms with Gasteiger partial charge in [0.05, 0.1) is 26.4 Å².